The van der Waals surface area contributed by atoms with Crippen LogP contribution < -0.4 is 10.1 Å². The molecule has 2 heterocycles. The number of nitrogens with one attached hydrogen (secondary N) is 1. The van der Waals surface area contributed by atoms with Crippen LogP contribution in [-0.2, 0) is 4.79 Å². The van der Waals surface area contributed by atoms with Crippen molar-refractivity contribution >= 4 is 11.6 Å². The molecule has 2 aliphatic heterocycles. The van der Waals surface area contributed by atoms with Crippen LogP contribution in [0, 0.1) is 5.92 Å². The van der Waals surface area contributed by atoms with Crippen molar-refractivity contribution in [2.24, 2.45) is 5.92 Å². The molecule has 4 heteroatoms. The molecule has 1 aromatic rings. The van der Waals surface area contributed by atoms with E-state index in [1.54, 1.807) is 0 Å². The zero-order valence-corrected chi connectivity index (χ0v) is 12.1. The summed E-state index contributed by atoms with van der Waals surface area (Å²) < 4.78 is 5.88. The van der Waals surface area contributed by atoms with E-state index in [1.165, 1.54) is 6.42 Å². The number of para-hydroxylation sites is 2. The molecule has 3 unspecified atom stereocenters. The lowest BCUT2D eigenvalue weighted by Gasteiger charge is -2.40. The second kappa shape index (κ2) is 5.35. The van der Waals surface area contributed by atoms with Crippen LogP contribution >= 0.6 is 0 Å². The zero-order valence-electron chi connectivity index (χ0n) is 12.1. The maximum atomic E-state index is 12.7. The quantitative estimate of drug-likeness (QED) is 0.855. The number of fused-ring (bicyclic) bond motifs is 1. The summed E-state index contributed by atoms with van der Waals surface area (Å²) in [6.07, 6.45) is 1.89. The Morgan fingerprint density at radius 1 is 1.35 bits per heavy atom. The third kappa shape index (κ3) is 2.35. The van der Waals surface area contributed by atoms with E-state index in [1.807, 2.05) is 29.2 Å². The van der Waals surface area contributed by atoms with Crippen LogP contribution in [0.1, 0.15) is 26.7 Å². The Balaban J connectivity index is 1.72. The van der Waals surface area contributed by atoms with Crippen molar-refractivity contribution in [3.05, 3.63) is 24.3 Å². The van der Waals surface area contributed by atoms with Gasteiger partial charge in [-0.1, -0.05) is 19.1 Å². The largest absolute Gasteiger partial charge is 0.477 e. The van der Waals surface area contributed by atoms with E-state index in [-0.39, 0.29) is 5.91 Å². The van der Waals surface area contributed by atoms with Crippen molar-refractivity contribution in [1.29, 1.82) is 0 Å². The molecule has 1 saturated heterocycles. The molecule has 20 heavy (non-hydrogen) atoms. The van der Waals surface area contributed by atoms with Crippen LogP contribution in [0.15, 0.2) is 24.3 Å². The van der Waals surface area contributed by atoms with Gasteiger partial charge in [-0.15, -0.1) is 0 Å². The summed E-state index contributed by atoms with van der Waals surface area (Å²) in [6, 6.07) is 8.08. The number of carbonyl (C=O) groups excluding carboxylic acids is 1. The molecule has 1 N–H and O–H groups in total. The molecule has 0 aromatic heterocycles. The number of benzene rings is 1. The average Bonchev–Trinajstić information content (AvgIpc) is 2.49. The molecule has 0 radical (unpaired) electrons. The Hall–Kier alpha value is -1.71. The predicted molar refractivity (Wildman–Crippen MR) is 78.9 cm³/mol. The summed E-state index contributed by atoms with van der Waals surface area (Å²) in [6.45, 7) is 5.77. The lowest BCUT2D eigenvalue weighted by atomic mass is 9.91. The highest BCUT2D eigenvalue weighted by Gasteiger charge is 2.35. The van der Waals surface area contributed by atoms with Gasteiger partial charge in [0, 0.05) is 12.6 Å². The fourth-order valence-corrected chi connectivity index (χ4v) is 3.08. The maximum absolute atomic E-state index is 12.7. The Kier molecular flexibility index (Phi) is 3.55. The summed E-state index contributed by atoms with van der Waals surface area (Å²) in [5.74, 6) is 1.46. The fraction of sp³-hybridized carbons (Fsp3) is 0.562. The van der Waals surface area contributed by atoms with Gasteiger partial charge in [-0.2, -0.15) is 0 Å². The minimum Gasteiger partial charge on any atom is -0.477 e. The van der Waals surface area contributed by atoms with E-state index < -0.39 is 6.10 Å². The topological polar surface area (TPSA) is 41.6 Å². The highest BCUT2D eigenvalue weighted by atomic mass is 16.5. The summed E-state index contributed by atoms with van der Waals surface area (Å²) >= 11 is 0. The van der Waals surface area contributed by atoms with Gasteiger partial charge >= 0.3 is 0 Å². The van der Waals surface area contributed by atoms with Crippen LogP contribution in [0.2, 0.25) is 0 Å². The number of likely N-dealkylation sites (tertiary alicyclic amines) is 1. The normalized spacial score (nSPS) is 29.1. The van der Waals surface area contributed by atoms with Crippen molar-refractivity contribution in [2.75, 3.05) is 18.4 Å². The van der Waals surface area contributed by atoms with Gasteiger partial charge in [-0.25, -0.2) is 0 Å². The van der Waals surface area contributed by atoms with Crippen LogP contribution in [0.5, 0.6) is 5.75 Å². The number of piperidine rings is 1. The van der Waals surface area contributed by atoms with E-state index >= 15 is 0 Å². The van der Waals surface area contributed by atoms with Crippen LogP contribution in [-0.4, -0.2) is 36.0 Å². The molecule has 0 aliphatic carbocycles. The van der Waals surface area contributed by atoms with Gasteiger partial charge < -0.3 is 15.0 Å². The van der Waals surface area contributed by atoms with Gasteiger partial charge in [0.05, 0.1) is 12.2 Å². The first-order chi connectivity index (χ1) is 9.66. The maximum Gasteiger partial charge on any atom is 0.265 e. The molecular weight excluding hydrogens is 252 g/mol. The smallest absolute Gasteiger partial charge is 0.265 e. The third-order valence-corrected chi connectivity index (χ3v) is 4.57. The molecule has 108 valence electrons. The summed E-state index contributed by atoms with van der Waals surface area (Å²) in [7, 11) is 0. The summed E-state index contributed by atoms with van der Waals surface area (Å²) in [4.78, 5) is 14.7. The number of hydrogen-bond donors (Lipinski definition) is 1. The van der Waals surface area contributed by atoms with Gasteiger partial charge in [-0.05, 0) is 37.8 Å². The van der Waals surface area contributed by atoms with Crippen molar-refractivity contribution in [3.63, 3.8) is 0 Å². The van der Waals surface area contributed by atoms with Crippen LogP contribution in [0.25, 0.3) is 0 Å². The molecule has 0 saturated carbocycles. The molecule has 1 aromatic carbocycles. The van der Waals surface area contributed by atoms with Crippen molar-refractivity contribution in [2.45, 2.75) is 38.8 Å². The van der Waals surface area contributed by atoms with Crippen LogP contribution in [0.3, 0.4) is 0 Å². The van der Waals surface area contributed by atoms with E-state index in [2.05, 4.69) is 19.2 Å². The monoisotopic (exact) mass is 274 g/mol. The number of ether oxygens (including phenoxy) is 1. The molecule has 0 spiro atoms. The lowest BCUT2D eigenvalue weighted by molar-refractivity contribution is -0.143. The number of amides is 1. The first kappa shape index (κ1) is 13.3. The zero-order chi connectivity index (χ0) is 14.1. The number of carbonyl (C=O) groups is 1. The molecule has 0 bridgehead atoms. The minimum atomic E-state index is -0.405. The molecule has 1 fully saturated rings. The molecule has 2 aliphatic rings. The van der Waals surface area contributed by atoms with Gasteiger partial charge in [0.25, 0.3) is 5.91 Å². The van der Waals surface area contributed by atoms with Crippen molar-refractivity contribution in [1.82, 2.24) is 4.90 Å². The molecule has 4 nitrogen and oxygen atoms in total. The average molecular weight is 274 g/mol. The van der Waals surface area contributed by atoms with Crippen molar-refractivity contribution in [3.8, 4) is 5.75 Å². The summed E-state index contributed by atoms with van der Waals surface area (Å²) in [5, 5.41) is 3.29. The number of hydrogen-bond acceptors (Lipinski definition) is 3. The van der Waals surface area contributed by atoms with E-state index in [9.17, 15) is 4.79 Å². The first-order valence-corrected chi connectivity index (χ1v) is 7.47. The molecular formula is C16H22N2O2. The highest BCUT2D eigenvalue weighted by Crippen LogP contribution is 2.30. The highest BCUT2D eigenvalue weighted by molar-refractivity contribution is 5.83. The van der Waals surface area contributed by atoms with E-state index in [0.29, 0.717) is 18.5 Å². The minimum absolute atomic E-state index is 0.117. The standard InChI is InChI=1S/C16H22N2O2/c1-11-6-5-9-18(12(11)2)16(19)15-10-17-13-7-3-4-8-14(13)20-15/h3-4,7-8,11-12,15,17H,5-6,9-10H2,1-2H3. The Labute approximate surface area is 120 Å². The second-order valence-corrected chi connectivity index (χ2v) is 5.88. The molecule has 1 amide bonds. The lowest BCUT2D eigenvalue weighted by Crippen LogP contribution is -2.53. The van der Waals surface area contributed by atoms with Gasteiger partial charge in [0.1, 0.15) is 5.75 Å². The number of rotatable bonds is 1. The number of anilines is 1. The van der Waals surface area contributed by atoms with E-state index in [0.717, 1.165) is 24.4 Å². The molecule has 3 atom stereocenters. The van der Waals surface area contributed by atoms with Gasteiger partial charge in [0.15, 0.2) is 6.10 Å². The molecule has 3 rings (SSSR count). The Bertz CT molecular complexity index is 503. The first-order valence-electron chi connectivity index (χ1n) is 7.47. The van der Waals surface area contributed by atoms with E-state index in [4.69, 9.17) is 4.74 Å². The van der Waals surface area contributed by atoms with Gasteiger partial charge in [0.2, 0.25) is 0 Å². The number of nitrogens with zero attached hydrogens (tertiary/aromatic N) is 1. The Morgan fingerprint density at radius 2 is 2.15 bits per heavy atom. The summed E-state index contributed by atoms with van der Waals surface area (Å²) in [5.41, 5.74) is 0.969. The Morgan fingerprint density at radius 3 is 3.00 bits per heavy atom. The third-order valence-electron chi connectivity index (χ3n) is 4.57. The SMILES string of the molecule is CC1CCCN(C(=O)C2CNc3ccccc3O2)C1C. The van der Waals surface area contributed by atoms with Crippen molar-refractivity contribution < 1.29 is 9.53 Å². The van der Waals surface area contributed by atoms with Gasteiger partial charge in [-0.3, -0.25) is 4.79 Å². The predicted octanol–water partition coefficient (Wildman–Crippen LogP) is 2.51. The fourth-order valence-electron chi connectivity index (χ4n) is 3.08. The van der Waals surface area contributed by atoms with Crippen LogP contribution in [0.4, 0.5) is 5.69 Å². The second-order valence-electron chi connectivity index (χ2n) is 5.88.